The highest BCUT2D eigenvalue weighted by Gasteiger charge is 2.30. The Labute approximate surface area is 144 Å². The van der Waals surface area contributed by atoms with Crippen molar-refractivity contribution < 1.29 is 14.6 Å². The van der Waals surface area contributed by atoms with E-state index < -0.39 is 5.92 Å². The summed E-state index contributed by atoms with van der Waals surface area (Å²) in [6.07, 6.45) is 1.63. The number of halogens is 2. The molecular formula is C16H11Br2NO3. The lowest BCUT2D eigenvalue weighted by Crippen LogP contribution is -2.18. The smallest absolute Gasteiger partial charge is 0.179 e. The molecule has 0 saturated carbocycles. The summed E-state index contributed by atoms with van der Waals surface area (Å²) in [6.45, 7) is 0. The van der Waals surface area contributed by atoms with E-state index in [1.165, 1.54) is 0 Å². The fourth-order valence-corrected chi connectivity index (χ4v) is 3.65. The number of carbonyl (C=O) groups is 1. The van der Waals surface area contributed by atoms with E-state index in [-0.39, 0.29) is 11.5 Å². The van der Waals surface area contributed by atoms with Crippen LogP contribution in [0.4, 0.5) is 5.69 Å². The van der Waals surface area contributed by atoms with Crippen LogP contribution < -0.4 is 4.74 Å². The molecule has 0 spiro atoms. The largest absolute Gasteiger partial charge is 0.506 e. The quantitative estimate of drug-likeness (QED) is 0.765. The van der Waals surface area contributed by atoms with Crippen LogP contribution in [0.2, 0.25) is 0 Å². The van der Waals surface area contributed by atoms with Gasteiger partial charge in [0.1, 0.15) is 11.5 Å². The molecule has 1 heterocycles. The average Bonchev–Trinajstić information content (AvgIpc) is 2.53. The number of ether oxygens (including phenoxy) is 1. The van der Waals surface area contributed by atoms with E-state index >= 15 is 0 Å². The lowest BCUT2D eigenvalue weighted by molar-refractivity contribution is 0.0982. The average molecular weight is 425 g/mol. The van der Waals surface area contributed by atoms with Gasteiger partial charge in [-0.3, -0.25) is 9.79 Å². The second-order valence-electron chi connectivity index (χ2n) is 4.81. The Bertz CT molecular complexity index is 785. The third kappa shape index (κ3) is 2.46. The molecule has 112 valence electrons. The Morgan fingerprint density at radius 2 is 1.91 bits per heavy atom. The first-order valence-electron chi connectivity index (χ1n) is 6.46. The fraction of sp³-hybridized carbons (Fsp3) is 0.125. The zero-order valence-corrected chi connectivity index (χ0v) is 14.7. The predicted octanol–water partition coefficient (Wildman–Crippen LogP) is 4.61. The number of aromatic hydroxyl groups is 1. The molecule has 1 atom stereocenters. The molecule has 1 aliphatic rings. The van der Waals surface area contributed by atoms with Gasteiger partial charge in [-0.05, 0) is 55.6 Å². The molecule has 4 nitrogen and oxygen atoms in total. The maximum absolute atomic E-state index is 12.8. The number of ketones is 1. The third-order valence-corrected chi connectivity index (χ3v) is 4.92. The summed E-state index contributed by atoms with van der Waals surface area (Å²) in [4.78, 5) is 17.1. The number of carbonyl (C=O) groups excluding carboxylic acids is 1. The van der Waals surface area contributed by atoms with Gasteiger partial charge in [-0.25, -0.2) is 0 Å². The number of phenolic OH excluding ortho intramolecular Hbond substituents is 1. The summed E-state index contributed by atoms with van der Waals surface area (Å²) < 4.78 is 5.97. The van der Waals surface area contributed by atoms with Gasteiger partial charge in [-0.1, -0.05) is 12.1 Å². The number of hydrogen-bond acceptors (Lipinski definition) is 4. The van der Waals surface area contributed by atoms with Gasteiger partial charge in [0.2, 0.25) is 0 Å². The number of fused-ring (bicyclic) bond motifs is 1. The van der Waals surface area contributed by atoms with Crippen LogP contribution >= 0.6 is 31.9 Å². The summed E-state index contributed by atoms with van der Waals surface area (Å²) in [7, 11) is 1.59. The van der Waals surface area contributed by atoms with Crippen molar-refractivity contribution in [3.05, 3.63) is 50.4 Å². The Morgan fingerprint density at radius 3 is 2.55 bits per heavy atom. The molecule has 0 saturated heterocycles. The first kappa shape index (κ1) is 15.2. The van der Waals surface area contributed by atoms with Gasteiger partial charge >= 0.3 is 0 Å². The highest BCUT2D eigenvalue weighted by molar-refractivity contribution is 9.11. The fourth-order valence-electron chi connectivity index (χ4n) is 2.36. The highest BCUT2D eigenvalue weighted by atomic mass is 79.9. The monoisotopic (exact) mass is 423 g/mol. The van der Waals surface area contributed by atoms with E-state index in [9.17, 15) is 9.90 Å². The molecule has 6 heteroatoms. The molecule has 0 bridgehead atoms. The van der Waals surface area contributed by atoms with Crippen LogP contribution in [-0.2, 0) is 0 Å². The molecule has 0 radical (unpaired) electrons. The van der Waals surface area contributed by atoms with Gasteiger partial charge in [0, 0.05) is 6.21 Å². The Balaban J connectivity index is 2.06. The van der Waals surface area contributed by atoms with Crippen molar-refractivity contribution in [3.63, 3.8) is 0 Å². The zero-order chi connectivity index (χ0) is 15.9. The van der Waals surface area contributed by atoms with E-state index in [1.807, 2.05) is 12.1 Å². The Kier molecular flexibility index (Phi) is 4.06. The van der Waals surface area contributed by atoms with Crippen LogP contribution in [0.3, 0.4) is 0 Å². The summed E-state index contributed by atoms with van der Waals surface area (Å²) in [5.41, 5.74) is 1.75. The minimum absolute atomic E-state index is 0.00215. The zero-order valence-electron chi connectivity index (χ0n) is 11.5. The van der Waals surface area contributed by atoms with Crippen molar-refractivity contribution in [2.45, 2.75) is 5.92 Å². The number of methoxy groups -OCH3 is 1. The standard InChI is InChI=1S/C16H11Br2NO3/c1-22-9-4-2-8(3-5-9)10-7-19-12-6-11(17)16(21)14(18)13(12)15(10)20/h2-7,10,21H,1H3. The van der Waals surface area contributed by atoms with Crippen molar-refractivity contribution >= 4 is 49.5 Å². The first-order valence-corrected chi connectivity index (χ1v) is 8.05. The highest BCUT2D eigenvalue weighted by Crippen LogP contribution is 2.44. The SMILES string of the molecule is COc1ccc(C2C=Nc3cc(Br)c(O)c(Br)c3C2=O)cc1. The van der Waals surface area contributed by atoms with Gasteiger partial charge in [0.05, 0.1) is 33.2 Å². The van der Waals surface area contributed by atoms with Crippen molar-refractivity contribution in [1.29, 1.82) is 0 Å². The maximum atomic E-state index is 12.8. The topological polar surface area (TPSA) is 58.9 Å². The summed E-state index contributed by atoms with van der Waals surface area (Å²) in [5, 5.41) is 9.99. The molecule has 0 aromatic heterocycles. The van der Waals surface area contributed by atoms with Crippen molar-refractivity contribution in [3.8, 4) is 11.5 Å². The van der Waals surface area contributed by atoms with Gasteiger partial charge in [-0.15, -0.1) is 0 Å². The molecule has 1 unspecified atom stereocenters. The van der Waals surface area contributed by atoms with Crippen LogP contribution in [0.1, 0.15) is 21.8 Å². The Morgan fingerprint density at radius 1 is 1.23 bits per heavy atom. The van der Waals surface area contributed by atoms with Gasteiger partial charge in [0.15, 0.2) is 5.78 Å². The molecule has 2 aromatic carbocycles. The summed E-state index contributed by atoms with van der Waals surface area (Å²) in [6, 6.07) is 8.92. The van der Waals surface area contributed by atoms with Crippen LogP contribution in [0.25, 0.3) is 0 Å². The first-order chi connectivity index (χ1) is 10.5. The van der Waals surface area contributed by atoms with E-state index in [4.69, 9.17) is 4.74 Å². The van der Waals surface area contributed by atoms with E-state index in [0.717, 1.165) is 11.3 Å². The third-order valence-electron chi connectivity index (χ3n) is 3.54. The molecule has 1 aliphatic heterocycles. The van der Waals surface area contributed by atoms with Crippen LogP contribution in [0.5, 0.6) is 11.5 Å². The molecule has 22 heavy (non-hydrogen) atoms. The molecule has 0 amide bonds. The normalized spacial score (nSPS) is 16.5. The van der Waals surface area contributed by atoms with E-state index in [0.29, 0.717) is 20.2 Å². The van der Waals surface area contributed by atoms with Gasteiger partial charge < -0.3 is 9.84 Å². The van der Waals surface area contributed by atoms with Crippen LogP contribution in [-0.4, -0.2) is 24.2 Å². The van der Waals surface area contributed by atoms with Gasteiger partial charge in [-0.2, -0.15) is 0 Å². The minimum atomic E-state index is -0.477. The molecule has 0 fully saturated rings. The number of rotatable bonds is 2. The molecule has 1 N–H and O–H groups in total. The lowest BCUT2D eigenvalue weighted by Gasteiger charge is -2.20. The van der Waals surface area contributed by atoms with E-state index in [2.05, 4.69) is 36.9 Å². The van der Waals surface area contributed by atoms with Crippen LogP contribution in [0.15, 0.2) is 44.3 Å². The molecule has 3 rings (SSSR count). The number of aliphatic imine (C=N–C) groups is 1. The number of Topliss-reactive ketones (excluding diaryl/α,β-unsaturated/α-hetero) is 1. The summed E-state index contributed by atoms with van der Waals surface area (Å²) >= 11 is 6.53. The van der Waals surface area contributed by atoms with Crippen molar-refractivity contribution in [2.75, 3.05) is 7.11 Å². The number of phenols is 1. The second kappa shape index (κ2) is 5.85. The Hall–Kier alpha value is -1.66. The summed E-state index contributed by atoms with van der Waals surface area (Å²) in [5.74, 6) is 0.143. The predicted molar refractivity (Wildman–Crippen MR) is 91.7 cm³/mol. The van der Waals surface area contributed by atoms with E-state index in [1.54, 1.807) is 31.5 Å². The van der Waals surface area contributed by atoms with Crippen molar-refractivity contribution in [2.24, 2.45) is 4.99 Å². The minimum Gasteiger partial charge on any atom is -0.506 e. The van der Waals surface area contributed by atoms with Gasteiger partial charge in [0.25, 0.3) is 0 Å². The number of nitrogens with zero attached hydrogens (tertiary/aromatic N) is 1. The van der Waals surface area contributed by atoms with Crippen molar-refractivity contribution in [1.82, 2.24) is 0 Å². The maximum Gasteiger partial charge on any atom is 0.179 e. The molecular weight excluding hydrogens is 414 g/mol. The molecule has 0 aliphatic carbocycles. The second-order valence-corrected chi connectivity index (χ2v) is 6.46. The van der Waals surface area contributed by atoms with Crippen LogP contribution in [0, 0.1) is 0 Å². The number of benzene rings is 2. The number of hydrogen-bond donors (Lipinski definition) is 1. The molecule has 2 aromatic rings. The lowest BCUT2D eigenvalue weighted by atomic mass is 9.88.